The van der Waals surface area contributed by atoms with Crippen molar-refractivity contribution < 1.29 is 4.79 Å². The van der Waals surface area contributed by atoms with E-state index in [9.17, 15) is 4.79 Å². The van der Waals surface area contributed by atoms with Gasteiger partial charge in [-0.25, -0.2) is 0 Å². The molecule has 3 heteroatoms. The van der Waals surface area contributed by atoms with E-state index in [1.807, 2.05) is 13.8 Å². The largest absolute Gasteiger partial charge is 0.354 e. The lowest BCUT2D eigenvalue weighted by Crippen LogP contribution is -2.38. The molecule has 17 heavy (non-hydrogen) atoms. The first-order valence-corrected chi connectivity index (χ1v) is 7.12. The second-order valence-electron chi connectivity index (χ2n) is 5.61. The van der Waals surface area contributed by atoms with Crippen LogP contribution < -0.4 is 10.6 Å². The van der Waals surface area contributed by atoms with Crippen LogP contribution in [-0.2, 0) is 4.79 Å². The van der Waals surface area contributed by atoms with Gasteiger partial charge in [0.2, 0.25) is 5.91 Å². The van der Waals surface area contributed by atoms with Crippen molar-refractivity contribution >= 4 is 5.91 Å². The summed E-state index contributed by atoms with van der Waals surface area (Å²) in [5.74, 6) is 0.972. The van der Waals surface area contributed by atoms with Crippen molar-refractivity contribution in [3.63, 3.8) is 0 Å². The number of carbonyl (C=O) groups excluding carboxylic acids is 1. The van der Waals surface area contributed by atoms with Crippen LogP contribution in [0.1, 0.15) is 59.3 Å². The molecular formula is C14H28N2O. The van der Waals surface area contributed by atoms with Gasteiger partial charge in [0.15, 0.2) is 0 Å². The summed E-state index contributed by atoms with van der Waals surface area (Å²) in [5.41, 5.74) is 0. The first-order valence-electron chi connectivity index (χ1n) is 7.12. The molecular weight excluding hydrogens is 212 g/mol. The number of hydrogen-bond donors (Lipinski definition) is 2. The van der Waals surface area contributed by atoms with Crippen LogP contribution in [0.15, 0.2) is 0 Å². The van der Waals surface area contributed by atoms with E-state index < -0.39 is 0 Å². The Labute approximate surface area is 106 Å². The van der Waals surface area contributed by atoms with E-state index in [1.54, 1.807) is 0 Å². The van der Waals surface area contributed by atoms with E-state index in [0.29, 0.717) is 12.5 Å². The van der Waals surface area contributed by atoms with Gasteiger partial charge in [-0.05, 0) is 39.5 Å². The van der Waals surface area contributed by atoms with Crippen LogP contribution in [0, 0.1) is 5.92 Å². The van der Waals surface area contributed by atoms with Gasteiger partial charge in [0, 0.05) is 25.0 Å². The Morgan fingerprint density at radius 1 is 1.18 bits per heavy atom. The van der Waals surface area contributed by atoms with Gasteiger partial charge >= 0.3 is 0 Å². The van der Waals surface area contributed by atoms with Crippen molar-refractivity contribution in [1.29, 1.82) is 0 Å². The molecule has 1 fully saturated rings. The third-order valence-corrected chi connectivity index (χ3v) is 3.62. The Morgan fingerprint density at radius 3 is 2.41 bits per heavy atom. The zero-order valence-corrected chi connectivity index (χ0v) is 11.6. The fourth-order valence-corrected chi connectivity index (χ4v) is 2.61. The van der Waals surface area contributed by atoms with Gasteiger partial charge in [0.05, 0.1) is 0 Å². The molecule has 0 aromatic heterocycles. The van der Waals surface area contributed by atoms with Crippen molar-refractivity contribution in [1.82, 2.24) is 10.6 Å². The van der Waals surface area contributed by atoms with Crippen LogP contribution in [0.3, 0.4) is 0 Å². The molecule has 100 valence electrons. The van der Waals surface area contributed by atoms with Crippen molar-refractivity contribution in [3.05, 3.63) is 0 Å². The lowest BCUT2D eigenvalue weighted by molar-refractivity contribution is -0.121. The molecule has 0 unspecified atom stereocenters. The van der Waals surface area contributed by atoms with Gasteiger partial charge < -0.3 is 10.6 Å². The summed E-state index contributed by atoms with van der Waals surface area (Å²) in [6.07, 6.45) is 7.46. The van der Waals surface area contributed by atoms with Crippen LogP contribution in [-0.4, -0.2) is 24.5 Å². The average Bonchev–Trinajstić information content (AvgIpc) is 2.29. The minimum Gasteiger partial charge on any atom is -0.354 e. The molecule has 0 aromatic rings. The normalized spacial score (nSPS) is 19.3. The van der Waals surface area contributed by atoms with Crippen molar-refractivity contribution in [2.45, 2.75) is 71.4 Å². The fourth-order valence-electron chi connectivity index (χ4n) is 2.61. The molecule has 3 nitrogen and oxygen atoms in total. The number of amides is 1. The smallest absolute Gasteiger partial charge is 0.221 e. The predicted molar refractivity (Wildman–Crippen MR) is 71.9 cm³/mol. The predicted octanol–water partition coefficient (Wildman–Crippen LogP) is 2.46. The first-order chi connectivity index (χ1) is 8.09. The summed E-state index contributed by atoms with van der Waals surface area (Å²) >= 11 is 0. The standard InChI is InChI=1S/C14H28N2O/c1-11(2)16-14(17)9-10-15-12(3)13-7-5-4-6-8-13/h11-13,15H,4-10H2,1-3H3,(H,16,17)/t12-/m0/s1. The minimum atomic E-state index is 0.156. The lowest BCUT2D eigenvalue weighted by Gasteiger charge is -2.28. The van der Waals surface area contributed by atoms with Gasteiger partial charge in [0.1, 0.15) is 0 Å². The summed E-state index contributed by atoms with van der Waals surface area (Å²) in [4.78, 5) is 11.5. The number of hydrogen-bond acceptors (Lipinski definition) is 2. The minimum absolute atomic E-state index is 0.156. The number of rotatable bonds is 6. The molecule has 0 saturated heterocycles. The Kier molecular flexibility index (Phi) is 6.56. The van der Waals surface area contributed by atoms with E-state index in [-0.39, 0.29) is 11.9 Å². The van der Waals surface area contributed by atoms with Gasteiger partial charge in [0.25, 0.3) is 0 Å². The molecule has 0 heterocycles. The summed E-state index contributed by atoms with van der Waals surface area (Å²) < 4.78 is 0. The molecule has 1 aliphatic rings. The molecule has 1 amide bonds. The van der Waals surface area contributed by atoms with Crippen molar-refractivity contribution in [2.24, 2.45) is 5.92 Å². The Hall–Kier alpha value is -0.570. The molecule has 0 spiro atoms. The highest BCUT2D eigenvalue weighted by Crippen LogP contribution is 2.26. The van der Waals surface area contributed by atoms with Gasteiger partial charge in [-0.3, -0.25) is 4.79 Å². The number of nitrogens with one attached hydrogen (secondary N) is 2. The third-order valence-electron chi connectivity index (χ3n) is 3.62. The summed E-state index contributed by atoms with van der Waals surface area (Å²) in [7, 11) is 0. The Morgan fingerprint density at radius 2 is 1.82 bits per heavy atom. The maximum absolute atomic E-state index is 11.5. The first kappa shape index (κ1) is 14.5. The number of carbonyl (C=O) groups is 1. The van der Waals surface area contributed by atoms with Gasteiger partial charge in [-0.1, -0.05) is 19.3 Å². The highest BCUT2D eigenvalue weighted by atomic mass is 16.1. The van der Waals surface area contributed by atoms with Crippen molar-refractivity contribution in [3.8, 4) is 0 Å². The quantitative estimate of drug-likeness (QED) is 0.749. The molecule has 0 radical (unpaired) electrons. The average molecular weight is 240 g/mol. The van der Waals surface area contributed by atoms with E-state index in [2.05, 4.69) is 17.6 Å². The Bertz CT molecular complexity index is 222. The van der Waals surface area contributed by atoms with Gasteiger partial charge in [-0.2, -0.15) is 0 Å². The summed E-state index contributed by atoms with van der Waals surface area (Å²) in [6, 6.07) is 0.806. The van der Waals surface area contributed by atoms with Crippen LogP contribution in [0.4, 0.5) is 0 Å². The van der Waals surface area contributed by atoms with Crippen LogP contribution in [0.5, 0.6) is 0 Å². The van der Waals surface area contributed by atoms with Crippen LogP contribution in [0.25, 0.3) is 0 Å². The van der Waals surface area contributed by atoms with Gasteiger partial charge in [-0.15, -0.1) is 0 Å². The molecule has 1 aliphatic carbocycles. The Balaban J connectivity index is 2.10. The maximum Gasteiger partial charge on any atom is 0.221 e. The van der Waals surface area contributed by atoms with Crippen LogP contribution in [0.2, 0.25) is 0 Å². The molecule has 0 bridgehead atoms. The molecule has 0 aromatic carbocycles. The topological polar surface area (TPSA) is 41.1 Å². The maximum atomic E-state index is 11.5. The molecule has 0 aliphatic heterocycles. The zero-order valence-electron chi connectivity index (χ0n) is 11.6. The molecule has 1 saturated carbocycles. The second kappa shape index (κ2) is 7.70. The van der Waals surface area contributed by atoms with E-state index in [0.717, 1.165) is 12.5 Å². The monoisotopic (exact) mass is 240 g/mol. The highest BCUT2D eigenvalue weighted by Gasteiger charge is 2.19. The van der Waals surface area contributed by atoms with E-state index in [1.165, 1.54) is 32.1 Å². The molecule has 1 atom stereocenters. The highest BCUT2D eigenvalue weighted by molar-refractivity contribution is 5.76. The molecule has 2 N–H and O–H groups in total. The summed E-state index contributed by atoms with van der Waals surface area (Å²) in [6.45, 7) is 7.05. The molecule has 1 rings (SSSR count). The SMILES string of the molecule is CC(C)NC(=O)CCN[C@@H](C)C1CCCCC1. The van der Waals surface area contributed by atoms with E-state index in [4.69, 9.17) is 0 Å². The zero-order chi connectivity index (χ0) is 12.7. The second-order valence-corrected chi connectivity index (χ2v) is 5.61. The fraction of sp³-hybridized carbons (Fsp3) is 0.929. The lowest BCUT2D eigenvalue weighted by atomic mass is 9.84. The van der Waals surface area contributed by atoms with Crippen LogP contribution >= 0.6 is 0 Å². The van der Waals surface area contributed by atoms with Crippen molar-refractivity contribution in [2.75, 3.05) is 6.54 Å². The van der Waals surface area contributed by atoms with E-state index >= 15 is 0 Å². The third kappa shape index (κ3) is 6.06. The summed E-state index contributed by atoms with van der Waals surface area (Å²) in [5, 5.41) is 6.41.